The first-order valence-electron chi connectivity index (χ1n) is 10.9. The molecule has 0 saturated heterocycles. The lowest BCUT2D eigenvalue weighted by atomic mass is 9.73. The monoisotopic (exact) mass is 421 g/mol. The summed E-state index contributed by atoms with van der Waals surface area (Å²) in [5.41, 5.74) is 3.06. The lowest BCUT2D eigenvalue weighted by molar-refractivity contribution is -0.230. The Balaban J connectivity index is 1.54. The minimum atomic E-state index is -0.507. The van der Waals surface area contributed by atoms with Crippen molar-refractivity contribution in [3.63, 3.8) is 0 Å². The molecule has 1 fully saturated rings. The first-order valence-corrected chi connectivity index (χ1v) is 10.9. The molecule has 1 N–H and O–H groups in total. The van der Waals surface area contributed by atoms with E-state index >= 15 is 0 Å². The smallest absolute Gasteiger partial charge is 0.248 e. The molecule has 164 valence electrons. The maximum atomic E-state index is 11.5. The summed E-state index contributed by atoms with van der Waals surface area (Å²) in [6, 6.07) is 17.8. The standard InChI is InChI=1S/C26H31NO4/c1-17-12-13-26(29-3,30-4)16-23(17)20-6-5-7-22(15-20)31-18(2)19-8-10-24-21(14-19)9-11-25(28)27-24/h5-11,14-15,17-18,23H,12-13,16H2,1-4H3,(H,27,28). The first kappa shape index (κ1) is 21.6. The maximum Gasteiger partial charge on any atom is 0.248 e. The van der Waals surface area contributed by atoms with Gasteiger partial charge in [-0.3, -0.25) is 4.79 Å². The van der Waals surface area contributed by atoms with Gasteiger partial charge in [0, 0.05) is 38.6 Å². The van der Waals surface area contributed by atoms with Crippen molar-refractivity contribution >= 4 is 10.9 Å². The van der Waals surface area contributed by atoms with Gasteiger partial charge in [0.2, 0.25) is 5.56 Å². The second-order valence-corrected chi connectivity index (χ2v) is 8.65. The van der Waals surface area contributed by atoms with Crippen molar-refractivity contribution in [1.29, 1.82) is 0 Å². The van der Waals surface area contributed by atoms with Gasteiger partial charge in [-0.15, -0.1) is 0 Å². The average molecular weight is 422 g/mol. The Morgan fingerprint density at radius 3 is 2.65 bits per heavy atom. The number of nitrogens with one attached hydrogen (secondary N) is 1. The minimum absolute atomic E-state index is 0.0933. The summed E-state index contributed by atoms with van der Waals surface area (Å²) in [6.45, 7) is 4.35. The summed E-state index contributed by atoms with van der Waals surface area (Å²) < 4.78 is 17.8. The summed E-state index contributed by atoms with van der Waals surface area (Å²) in [5.74, 6) is 1.25. The predicted octanol–water partition coefficient (Wildman–Crippen LogP) is 5.56. The van der Waals surface area contributed by atoms with Crippen LogP contribution in [0.4, 0.5) is 0 Å². The molecule has 4 rings (SSSR count). The molecule has 3 atom stereocenters. The van der Waals surface area contributed by atoms with Gasteiger partial charge >= 0.3 is 0 Å². The topological polar surface area (TPSA) is 60.6 Å². The normalized spacial score (nSPS) is 21.7. The van der Waals surface area contributed by atoms with Gasteiger partial charge < -0.3 is 19.2 Å². The zero-order valence-electron chi connectivity index (χ0n) is 18.7. The summed E-state index contributed by atoms with van der Waals surface area (Å²) >= 11 is 0. The Morgan fingerprint density at radius 1 is 1.06 bits per heavy atom. The van der Waals surface area contributed by atoms with E-state index in [0.717, 1.165) is 41.5 Å². The number of aromatic amines is 1. The van der Waals surface area contributed by atoms with Crippen LogP contribution < -0.4 is 10.3 Å². The van der Waals surface area contributed by atoms with Gasteiger partial charge in [-0.1, -0.05) is 25.1 Å². The highest BCUT2D eigenvalue weighted by Gasteiger charge is 2.40. The molecule has 0 bridgehead atoms. The molecule has 2 aromatic carbocycles. The van der Waals surface area contributed by atoms with E-state index in [0.29, 0.717) is 11.8 Å². The molecule has 0 aliphatic heterocycles. The molecule has 3 aromatic rings. The Hall–Kier alpha value is -2.63. The Labute approximate surface area is 183 Å². The fourth-order valence-electron chi connectivity index (χ4n) is 4.70. The highest BCUT2D eigenvalue weighted by molar-refractivity contribution is 5.79. The number of aromatic nitrogens is 1. The number of fused-ring (bicyclic) bond motifs is 1. The second-order valence-electron chi connectivity index (χ2n) is 8.65. The van der Waals surface area contributed by atoms with Gasteiger partial charge in [-0.2, -0.15) is 0 Å². The van der Waals surface area contributed by atoms with Crippen LogP contribution in [0.15, 0.2) is 59.4 Å². The van der Waals surface area contributed by atoms with E-state index in [1.165, 1.54) is 5.56 Å². The minimum Gasteiger partial charge on any atom is -0.486 e. The van der Waals surface area contributed by atoms with Crippen molar-refractivity contribution in [3.05, 3.63) is 76.1 Å². The Morgan fingerprint density at radius 2 is 1.87 bits per heavy atom. The van der Waals surface area contributed by atoms with Crippen molar-refractivity contribution in [3.8, 4) is 5.75 Å². The van der Waals surface area contributed by atoms with E-state index in [1.807, 2.05) is 31.2 Å². The van der Waals surface area contributed by atoms with Crippen LogP contribution in [0.25, 0.3) is 10.9 Å². The number of H-pyrrole nitrogens is 1. The molecular formula is C26H31NO4. The van der Waals surface area contributed by atoms with Crippen molar-refractivity contribution in [2.75, 3.05) is 14.2 Å². The SMILES string of the molecule is COC1(OC)CCC(C)C(c2cccc(OC(C)c3ccc4[nH]c(=O)ccc4c3)c2)C1. The molecule has 31 heavy (non-hydrogen) atoms. The average Bonchev–Trinajstić information content (AvgIpc) is 2.79. The molecule has 0 amide bonds. The van der Waals surface area contributed by atoms with Gasteiger partial charge in [-0.05, 0) is 72.0 Å². The molecule has 3 unspecified atom stereocenters. The number of hydrogen-bond acceptors (Lipinski definition) is 4. The second kappa shape index (κ2) is 8.85. The van der Waals surface area contributed by atoms with Gasteiger partial charge in [0.15, 0.2) is 5.79 Å². The third kappa shape index (κ3) is 4.53. The van der Waals surface area contributed by atoms with Gasteiger partial charge in [0.05, 0.1) is 0 Å². The first-order chi connectivity index (χ1) is 14.9. The highest BCUT2D eigenvalue weighted by Crippen LogP contribution is 2.45. The Kier molecular flexibility index (Phi) is 6.17. The van der Waals surface area contributed by atoms with E-state index in [2.05, 4.69) is 36.2 Å². The molecule has 1 saturated carbocycles. The maximum absolute atomic E-state index is 11.5. The summed E-state index contributed by atoms with van der Waals surface area (Å²) in [7, 11) is 3.47. The Bertz CT molecular complexity index is 1100. The summed E-state index contributed by atoms with van der Waals surface area (Å²) in [4.78, 5) is 14.4. The quantitative estimate of drug-likeness (QED) is 0.529. The number of pyridine rings is 1. The molecule has 1 aliphatic carbocycles. The van der Waals surface area contributed by atoms with Crippen molar-refractivity contribution in [1.82, 2.24) is 4.98 Å². The lowest BCUT2D eigenvalue weighted by Gasteiger charge is -2.42. The van der Waals surface area contributed by atoms with E-state index in [4.69, 9.17) is 14.2 Å². The third-order valence-electron chi connectivity index (χ3n) is 6.76. The lowest BCUT2D eigenvalue weighted by Crippen LogP contribution is -2.41. The van der Waals surface area contributed by atoms with Crippen LogP contribution in [0.5, 0.6) is 5.75 Å². The van der Waals surface area contributed by atoms with Crippen LogP contribution in [0.1, 0.15) is 56.3 Å². The predicted molar refractivity (Wildman–Crippen MR) is 123 cm³/mol. The molecule has 5 nitrogen and oxygen atoms in total. The van der Waals surface area contributed by atoms with Gasteiger partial charge in [0.1, 0.15) is 11.9 Å². The van der Waals surface area contributed by atoms with Crippen molar-refractivity contribution in [2.24, 2.45) is 5.92 Å². The molecule has 0 radical (unpaired) electrons. The molecule has 5 heteroatoms. The van der Waals surface area contributed by atoms with E-state index in [1.54, 1.807) is 20.3 Å². The number of benzene rings is 2. The van der Waals surface area contributed by atoms with Crippen LogP contribution in [0.2, 0.25) is 0 Å². The van der Waals surface area contributed by atoms with Crippen molar-refractivity contribution < 1.29 is 14.2 Å². The largest absolute Gasteiger partial charge is 0.486 e. The zero-order chi connectivity index (χ0) is 22.0. The molecular weight excluding hydrogens is 390 g/mol. The van der Waals surface area contributed by atoms with Crippen LogP contribution in [-0.4, -0.2) is 25.0 Å². The molecule has 1 aliphatic rings. The summed E-state index contributed by atoms with van der Waals surface area (Å²) in [6.07, 6.45) is 2.70. The van der Waals surface area contributed by atoms with Crippen LogP contribution in [-0.2, 0) is 9.47 Å². The number of rotatable bonds is 6. The van der Waals surface area contributed by atoms with E-state index in [-0.39, 0.29) is 11.7 Å². The third-order valence-corrected chi connectivity index (χ3v) is 6.76. The highest BCUT2D eigenvalue weighted by atomic mass is 16.7. The molecule has 1 aromatic heterocycles. The molecule has 0 spiro atoms. The number of hydrogen-bond donors (Lipinski definition) is 1. The zero-order valence-corrected chi connectivity index (χ0v) is 18.7. The summed E-state index contributed by atoms with van der Waals surface area (Å²) in [5, 5.41) is 0.993. The molecule has 1 heterocycles. The van der Waals surface area contributed by atoms with Crippen LogP contribution in [0.3, 0.4) is 0 Å². The number of methoxy groups -OCH3 is 2. The van der Waals surface area contributed by atoms with Crippen molar-refractivity contribution in [2.45, 2.75) is 50.9 Å². The fraction of sp³-hybridized carbons (Fsp3) is 0.423. The van der Waals surface area contributed by atoms with Gasteiger partial charge in [0.25, 0.3) is 0 Å². The van der Waals surface area contributed by atoms with E-state index in [9.17, 15) is 4.79 Å². The van der Waals surface area contributed by atoms with Crippen LogP contribution in [0, 0.1) is 5.92 Å². The fourth-order valence-corrected chi connectivity index (χ4v) is 4.70. The number of ether oxygens (including phenoxy) is 3. The van der Waals surface area contributed by atoms with E-state index < -0.39 is 5.79 Å². The van der Waals surface area contributed by atoms with Crippen LogP contribution >= 0.6 is 0 Å². The van der Waals surface area contributed by atoms with Gasteiger partial charge in [-0.25, -0.2) is 0 Å².